The molecular weight excluding hydrogens is 413 g/mol. The van der Waals surface area contributed by atoms with Crippen molar-refractivity contribution in [3.63, 3.8) is 0 Å². The number of hydrogen-bond acceptors (Lipinski definition) is 4. The molecular formula is C21H19F3N4OS. The third kappa shape index (κ3) is 5.02. The molecule has 3 aromatic rings. The molecule has 1 aromatic heterocycles. The van der Waals surface area contributed by atoms with Gasteiger partial charge in [-0.05, 0) is 36.6 Å². The third-order valence-corrected chi connectivity index (χ3v) is 5.64. The number of thioether (sulfide) groups is 1. The Balaban J connectivity index is 1.43. The minimum atomic E-state index is -4.46. The molecule has 0 saturated heterocycles. The lowest BCUT2D eigenvalue weighted by molar-refractivity contribution is -0.137. The highest BCUT2D eigenvalue weighted by atomic mass is 32.2. The van der Waals surface area contributed by atoms with Gasteiger partial charge in [0.1, 0.15) is 5.82 Å². The third-order valence-electron chi connectivity index (χ3n) is 4.68. The number of nitrogens with one attached hydrogen (secondary N) is 1. The van der Waals surface area contributed by atoms with Crippen molar-refractivity contribution in [3.8, 4) is 0 Å². The van der Waals surface area contributed by atoms with Crippen LogP contribution in [0.2, 0.25) is 0 Å². The maximum absolute atomic E-state index is 12.8. The summed E-state index contributed by atoms with van der Waals surface area (Å²) >= 11 is 1.22. The lowest BCUT2D eigenvalue weighted by atomic mass is 10.2. The van der Waals surface area contributed by atoms with Gasteiger partial charge in [0.15, 0.2) is 5.16 Å². The van der Waals surface area contributed by atoms with E-state index in [0.29, 0.717) is 17.6 Å². The minimum Gasteiger partial charge on any atom is -0.325 e. The van der Waals surface area contributed by atoms with Crippen molar-refractivity contribution < 1.29 is 18.0 Å². The number of alkyl halides is 3. The first-order valence-corrected chi connectivity index (χ1v) is 10.5. The zero-order chi connectivity index (χ0) is 21.1. The number of carbonyl (C=O) groups is 1. The van der Waals surface area contributed by atoms with E-state index in [1.165, 1.54) is 23.9 Å². The average molecular weight is 432 g/mol. The quantitative estimate of drug-likeness (QED) is 0.537. The van der Waals surface area contributed by atoms with Crippen LogP contribution in [0.1, 0.15) is 35.7 Å². The summed E-state index contributed by atoms with van der Waals surface area (Å²) in [5.41, 5.74) is 0.416. The van der Waals surface area contributed by atoms with Crippen molar-refractivity contribution in [3.05, 3.63) is 71.5 Å². The number of aromatic nitrogens is 3. The van der Waals surface area contributed by atoms with E-state index >= 15 is 0 Å². The fourth-order valence-electron chi connectivity index (χ4n) is 3.07. The normalized spacial score (nSPS) is 14.0. The predicted molar refractivity (Wildman–Crippen MR) is 108 cm³/mol. The van der Waals surface area contributed by atoms with E-state index < -0.39 is 17.6 Å². The molecule has 1 saturated carbocycles. The molecule has 0 atom stereocenters. The van der Waals surface area contributed by atoms with E-state index in [1.54, 1.807) is 0 Å². The first kappa shape index (κ1) is 20.5. The highest BCUT2D eigenvalue weighted by molar-refractivity contribution is 7.99. The molecule has 2 aromatic carbocycles. The molecule has 156 valence electrons. The summed E-state index contributed by atoms with van der Waals surface area (Å²) in [5, 5.41) is 11.7. The van der Waals surface area contributed by atoms with Crippen LogP contribution in [0.15, 0.2) is 59.8 Å². The number of nitrogens with zero attached hydrogens (tertiary/aromatic N) is 3. The predicted octanol–water partition coefficient (Wildman–Crippen LogP) is 4.95. The molecule has 9 heteroatoms. The van der Waals surface area contributed by atoms with Crippen LogP contribution in [0.4, 0.5) is 18.9 Å². The van der Waals surface area contributed by atoms with Gasteiger partial charge in [-0.25, -0.2) is 0 Å². The molecule has 0 aliphatic heterocycles. The number of amides is 1. The molecule has 1 aliphatic rings. The molecule has 5 nitrogen and oxygen atoms in total. The zero-order valence-corrected chi connectivity index (χ0v) is 16.7. The van der Waals surface area contributed by atoms with Gasteiger partial charge >= 0.3 is 6.18 Å². The topological polar surface area (TPSA) is 59.8 Å². The number of anilines is 1. The van der Waals surface area contributed by atoms with Gasteiger partial charge in [0, 0.05) is 11.6 Å². The Morgan fingerprint density at radius 1 is 1.10 bits per heavy atom. The molecule has 30 heavy (non-hydrogen) atoms. The summed E-state index contributed by atoms with van der Waals surface area (Å²) in [7, 11) is 0. The van der Waals surface area contributed by atoms with Crippen LogP contribution in [0.25, 0.3) is 0 Å². The Kier molecular flexibility index (Phi) is 5.80. The van der Waals surface area contributed by atoms with Gasteiger partial charge in [-0.3, -0.25) is 4.79 Å². The lowest BCUT2D eigenvalue weighted by Gasteiger charge is -2.11. The molecule has 1 aliphatic carbocycles. The second-order valence-electron chi connectivity index (χ2n) is 7.10. The molecule has 4 rings (SSSR count). The van der Waals surface area contributed by atoms with Gasteiger partial charge in [-0.15, -0.1) is 10.2 Å². The average Bonchev–Trinajstić information content (AvgIpc) is 3.49. The standard InChI is InChI=1S/C21H19F3N4OS/c22-21(23,24)16-7-4-8-17(11-16)25-18(29)13-30-20-27-26-19(15-9-10-15)28(20)12-14-5-2-1-3-6-14/h1-8,11,15H,9-10,12-13H2,(H,25,29). The monoisotopic (exact) mass is 432 g/mol. The number of halogens is 3. The lowest BCUT2D eigenvalue weighted by Crippen LogP contribution is -2.16. The Labute approximate surface area is 175 Å². The zero-order valence-electron chi connectivity index (χ0n) is 15.9. The molecule has 0 unspecified atom stereocenters. The minimum absolute atomic E-state index is 0.0217. The van der Waals surface area contributed by atoms with Crippen LogP contribution in [-0.4, -0.2) is 26.4 Å². The van der Waals surface area contributed by atoms with Gasteiger partial charge in [0.2, 0.25) is 5.91 Å². The van der Waals surface area contributed by atoms with Crippen molar-refractivity contribution in [2.45, 2.75) is 36.6 Å². The SMILES string of the molecule is O=C(CSc1nnc(C2CC2)n1Cc1ccccc1)Nc1cccc(C(F)(F)F)c1. The van der Waals surface area contributed by atoms with Gasteiger partial charge in [-0.1, -0.05) is 48.2 Å². The second-order valence-corrected chi connectivity index (χ2v) is 8.04. The van der Waals surface area contributed by atoms with E-state index in [0.717, 1.165) is 36.4 Å². The van der Waals surface area contributed by atoms with E-state index in [-0.39, 0.29) is 11.4 Å². The summed E-state index contributed by atoms with van der Waals surface area (Å²) < 4.78 is 40.5. The fraction of sp³-hybridized carbons (Fsp3) is 0.286. The Bertz CT molecular complexity index is 1030. The molecule has 1 heterocycles. The van der Waals surface area contributed by atoms with Gasteiger partial charge in [-0.2, -0.15) is 13.2 Å². The number of benzene rings is 2. The van der Waals surface area contributed by atoms with Crippen molar-refractivity contribution >= 4 is 23.4 Å². The van der Waals surface area contributed by atoms with Gasteiger partial charge in [0.25, 0.3) is 0 Å². The molecule has 0 radical (unpaired) electrons. The molecule has 0 spiro atoms. The largest absolute Gasteiger partial charge is 0.416 e. The summed E-state index contributed by atoms with van der Waals surface area (Å²) in [6, 6.07) is 14.5. The Hall–Kier alpha value is -2.81. The Morgan fingerprint density at radius 3 is 2.57 bits per heavy atom. The van der Waals surface area contributed by atoms with Crippen molar-refractivity contribution in [1.82, 2.24) is 14.8 Å². The first-order valence-electron chi connectivity index (χ1n) is 9.47. The second kappa shape index (κ2) is 8.51. The molecule has 0 bridgehead atoms. The van der Waals surface area contributed by atoms with E-state index in [1.807, 2.05) is 34.9 Å². The van der Waals surface area contributed by atoms with Crippen molar-refractivity contribution in [1.29, 1.82) is 0 Å². The van der Waals surface area contributed by atoms with Crippen LogP contribution in [0, 0.1) is 0 Å². The smallest absolute Gasteiger partial charge is 0.325 e. The summed E-state index contributed by atoms with van der Waals surface area (Å²) in [6.07, 6.45) is -2.30. The van der Waals surface area contributed by atoms with E-state index in [9.17, 15) is 18.0 Å². The maximum Gasteiger partial charge on any atom is 0.416 e. The highest BCUT2D eigenvalue weighted by Crippen LogP contribution is 2.40. The van der Waals surface area contributed by atoms with Crippen LogP contribution < -0.4 is 5.32 Å². The Morgan fingerprint density at radius 2 is 1.87 bits per heavy atom. The highest BCUT2D eigenvalue weighted by Gasteiger charge is 2.31. The van der Waals surface area contributed by atoms with Crippen LogP contribution in [-0.2, 0) is 17.5 Å². The van der Waals surface area contributed by atoms with Crippen molar-refractivity contribution in [2.75, 3.05) is 11.1 Å². The van der Waals surface area contributed by atoms with Crippen molar-refractivity contribution in [2.24, 2.45) is 0 Å². The summed E-state index contributed by atoms with van der Waals surface area (Å²) in [5.74, 6) is 0.934. The molecule has 1 fully saturated rings. The molecule has 1 amide bonds. The van der Waals surface area contributed by atoms with Gasteiger partial charge < -0.3 is 9.88 Å². The first-order chi connectivity index (χ1) is 14.4. The van der Waals surface area contributed by atoms with E-state index in [2.05, 4.69) is 15.5 Å². The van der Waals surface area contributed by atoms with E-state index in [4.69, 9.17) is 0 Å². The number of rotatable bonds is 7. The maximum atomic E-state index is 12.8. The van der Waals surface area contributed by atoms with Crippen LogP contribution in [0.3, 0.4) is 0 Å². The summed E-state index contributed by atoms with van der Waals surface area (Å²) in [4.78, 5) is 12.3. The number of carbonyl (C=O) groups excluding carboxylic acids is 1. The van der Waals surface area contributed by atoms with Gasteiger partial charge in [0.05, 0.1) is 17.9 Å². The van der Waals surface area contributed by atoms with Crippen LogP contribution >= 0.6 is 11.8 Å². The fourth-order valence-corrected chi connectivity index (χ4v) is 3.81. The molecule has 1 N–H and O–H groups in total. The summed E-state index contributed by atoms with van der Waals surface area (Å²) in [6.45, 7) is 0.608. The van der Waals surface area contributed by atoms with Crippen LogP contribution in [0.5, 0.6) is 0 Å². The number of hydrogen-bond donors (Lipinski definition) is 1.